The fraction of sp³-hybridized carbons (Fsp3) is 0. The molecule has 1 aromatic heterocycles. The van der Waals surface area contributed by atoms with Gasteiger partial charge in [-0.05, 0) is 56.9 Å². The van der Waals surface area contributed by atoms with Gasteiger partial charge in [-0.1, -0.05) is 72.8 Å². The summed E-state index contributed by atoms with van der Waals surface area (Å²) in [5.74, 6) is 0. The van der Waals surface area contributed by atoms with Gasteiger partial charge in [-0.25, -0.2) is 0 Å². The van der Waals surface area contributed by atoms with Gasteiger partial charge in [0.05, 0.1) is 0 Å². The Morgan fingerprint density at radius 1 is 0.444 bits per heavy atom. The van der Waals surface area contributed by atoms with Crippen LogP contribution < -0.4 is 0 Å². The number of furan rings is 1. The molecular formula is C26H16O. The molecule has 1 heteroatoms. The second kappa shape index (κ2) is 5.46. The molecule has 0 atom stereocenters. The lowest BCUT2D eigenvalue weighted by atomic mass is 9.93. The Balaban J connectivity index is 1.70. The van der Waals surface area contributed by atoms with E-state index in [1.165, 1.54) is 43.4 Å². The molecule has 0 radical (unpaired) electrons. The van der Waals surface area contributed by atoms with E-state index in [1.807, 2.05) is 12.1 Å². The Hall–Kier alpha value is -3.58. The van der Waals surface area contributed by atoms with Crippen molar-refractivity contribution in [1.29, 1.82) is 0 Å². The molecule has 27 heavy (non-hydrogen) atoms. The van der Waals surface area contributed by atoms with E-state index in [0.717, 1.165) is 11.2 Å². The van der Waals surface area contributed by atoms with Crippen molar-refractivity contribution in [1.82, 2.24) is 0 Å². The highest BCUT2D eigenvalue weighted by Crippen LogP contribution is 2.37. The Labute approximate surface area is 156 Å². The molecule has 1 heterocycles. The lowest BCUT2D eigenvalue weighted by Crippen LogP contribution is -1.84. The Morgan fingerprint density at radius 3 is 2.00 bits per heavy atom. The molecule has 0 fully saturated rings. The van der Waals surface area contributed by atoms with Gasteiger partial charge >= 0.3 is 0 Å². The van der Waals surface area contributed by atoms with Gasteiger partial charge in [-0.2, -0.15) is 0 Å². The zero-order chi connectivity index (χ0) is 17.8. The number of fused-ring (bicyclic) bond motifs is 6. The molecule has 0 unspecified atom stereocenters. The second-order valence-corrected chi connectivity index (χ2v) is 7.00. The van der Waals surface area contributed by atoms with Gasteiger partial charge < -0.3 is 4.42 Å². The van der Waals surface area contributed by atoms with E-state index in [1.54, 1.807) is 0 Å². The van der Waals surface area contributed by atoms with Crippen molar-refractivity contribution in [2.45, 2.75) is 0 Å². The topological polar surface area (TPSA) is 13.1 Å². The predicted molar refractivity (Wildman–Crippen MR) is 114 cm³/mol. The van der Waals surface area contributed by atoms with Gasteiger partial charge in [-0.3, -0.25) is 0 Å². The highest BCUT2D eigenvalue weighted by atomic mass is 16.3. The standard InChI is InChI=1S/C26H16O/c1-2-8-19-17(7-1)15-24(21-10-4-3-9-20(19)21)18-13-14-23-22-11-5-6-12-25(22)27-26(23)16-18/h1-16H. The number of benzene rings is 5. The van der Waals surface area contributed by atoms with E-state index in [2.05, 4.69) is 84.9 Å². The first kappa shape index (κ1) is 14.6. The fourth-order valence-corrected chi connectivity index (χ4v) is 4.19. The molecule has 6 aromatic rings. The third-order valence-electron chi connectivity index (χ3n) is 5.46. The highest BCUT2D eigenvalue weighted by molar-refractivity contribution is 6.14. The van der Waals surface area contributed by atoms with Gasteiger partial charge in [0.1, 0.15) is 11.2 Å². The van der Waals surface area contributed by atoms with Gasteiger partial charge in [0.15, 0.2) is 0 Å². The van der Waals surface area contributed by atoms with Crippen LogP contribution >= 0.6 is 0 Å². The van der Waals surface area contributed by atoms with E-state index in [-0.39, 0.29) is 0 Å². The summed E-state index contributed by atoms with van der Waals surface area (Å²) >= 11 is 0. The molecule has 0 saturated carbocycles. The molecule has 0 N–H and O–H groups in total. The zero-order valence-corrected chi connectivity index (χ0v) is 14.6. The van der Waals surface area contributed by atoms with Crippen molar-refractivity contribution >= 4 is 43.5 Å². The van der Waals surface area contributed by atoms with E-state index in [0.29, 0.717) is 0 Å². The van der Waals surface area contributed by atoms with Crippen LogP contribution in [0.25, 0.3) is 54.6 Å². The first-order valence-corrected chi connectivity index (χ1v) is 9.21. The number of rotatable bonds is 1. The van der Waals surface area contributed by atoms with E-state index in [4.69, 9.17) is 4.42 Å². The fourth-order valence-electron chi connectivity index (χ4n) is 4.19. The first-order chi connectivity index (χ1) is 13.4. The molecular weight excluding hydrogens is 328 g/mol. The Kier molecular flexibility index (Phi) is 2.95. The van der Waals surface area contributed by atoms with Crippen molar-refractivity contribution in [3.05, 3.63) is 97.1 Å². The number of hydrogen-bond acceptors (Lipinski definition) is 1. The van der Waals surface area contributed by atoms with Crippen LogP contribution in [0.15, 0.2) is 101 Å². The number of para-hydroxylation sites is 1. The Bertz CT molecular complexity index is 1470. The molecule has 126 valence electrons. The summed E-state index contributed by atoms with van der Waals surface area (Å²) in [6.45, 7) is 0. The summed E-state index contributed by atoms with van der Waals surface area (Å²) in [6, 6.07) is 34.3. The van der Waals surface area contributed by atoms with Gasteiger partial charge in [0.25, 0.3) is 0 Å². The average molecular weight is 344 g/mol. The predicted octanol–water partition coefficient (Wildman–Crippen LogP) is 7.56. The summed E-state index contributed by atoms with van der Waals surface area (Å²) in [6.07, 6.45) is 0. The molecule has 6 rings (SSSR count). The van der Waals surface area contributed by atoms with Crippen LogP contribution in [0.2, 0.25) is 0 Å². The third-order valence-corrected chi connectivity index (χ3v) is 5.46. The first-order valence-electron chi connectivity index (χ1n) is 9.21. The zero-order valence-electron chi connectivity index (χ0n) is 14.6. The maximum absolute atomic E-state index is 6.11. The van der Waals surface area contributed by atoms with Crippen LogP contribution in [-0.4, -0.2) is 0 Å². The lowest BCUT2D eigenvalue weighted by molar-refractivity contribution is 0.669. The van der Waals surface area contributed by atoms with Crippen molar-refractivity contribution in [2.75, 3.05) is 0 Å². The smallest absolute Gasteiger partial charge is 0.136 e. The molecule has 1 nitrogen and oxygen atoms in total. The summed E-state index contributed by atoms with van der Waals surface area (Å²) in [7, 11) is 0. The molecule has 0 saturated heterocycles. The molecule has 0 aliphatic rings. The van der Waals surface area contributed by atoms with Gasteiger partial charge in [0, 0.05) is 10.8 Å². The summed E-state index contributed by atoms with van der Waals surface area (Å²) in [5, 5.41) is 7.45. The molecule has 0 aliphatic heterocycles. The summed E-state index contributed by atoms with van der Waals surface area (Å²) < 4.78 is 6.11. The largest absolute Gasteiger partial charge is 0.456 e. The quantitative estimate of drug-likeness (QED) is 0.280. The maximum atomic E-state index is 6.11. The minimum absolute atomic E-state index is 0.936. The van der Waals surface area contributed by atoms with Crippen LogP contribution in [0, 0.1) is 0 Å². The van der Waals surface area contributed by atoms with Crippen molar-refractivity contribution in [3.63, 3.8) is 0 Å². The molecule has 5 aromatic carbocycles. The van der Waals surface area contributed by atoms with Crippen molar-refractivity contribution in [3.8, 4) is 11.1 Å². The Morgan fingerprint density at radius 2 is 1.11 bits per heavy atom. The van der Waals surface area contributed by atoms with Crippen LogP contribution in [0.5, 0.6) is 0 Å². The highest BCUT2D eigenvalue weighted by Gasteiger charge is 2.11. The minimum Gasteiger partial charge on any atom is -0.456 e. The lowest BCUT2D eigenvalue weighted by Gasteiger charge is -2.11. The minimum atomic E-state index is 0.936. The normalized spacial score (nSPS) is 11.7. The second-order valence-electron chi connectivity index (χ2n) is 7.00. The summed E-state index contributed by atoms with van der Waals surface area (Å²) in [5.41, 5.74) is 4.30. The van der Waals surface area contributed by atoms with Crippen LogP contribution in [-0.2, 0) is 0 Å². The van der Waals surface area contributed by atoms with Crippen molar-refractivity contribution in [2.24, 2.45) is 0 Å². The van der Waals surface area contributed by atoms with E-state index >= 15 is 0 Å². The molecule has 0 amide bonds. The van der Waals surface area contributed by atoms with Crippen LogP contribution in [0.3, 0.4) is 0 Å². The molecule has 0 aliphatic carbocycles. The number of hydrogen-bond donors (Lipinski definition) is 0. The van der Waals surface area contributed by atoms with Gasteiger partial charge in [-0.15, -0.1) is 0 Å². The SMILES string of the molecule is c1ccc2c(c1)cc(-c1ccc3c(c1)oc1ccccc13)c1ccccc12. The van der Waals surface area contributed by atoms with E-state index < -0.39 is 0 Å². The average Bonchev–Trinajstić information content (AvgIpc) is 3.11. The third kappa shape index (κ3) is 2.12. The van der Waals surface area contributed by atoms with Gasteiger partial charge in [0.2, 0.25) is 0 Å². The molecule has 0 bridgehead atoms. The maximum Gasteiger partial charge on any atom is 0.136 e. The van der Waals surface area contributed by atoms with Crippen molar-refractivity contribution < 1.29 is 4.42 Å². The molecule has 0 spiro atoms. The monoisotopic (exact) mass is 344 g/mol. The summed E-state index contributed by atoms with van der Waals surface area (Å²) in [4.78, 5) is 0. The van der Waals surface area contributed by atoms with Crippen LogP contribution in [0.1, 0.15) is 0 Å². The van der Waals surface area contributed by atoms with Crippen LogP contribution in [0.4, 0.5) is 0 Å². The van der Waals surface area contributed by atoms with E-state index in [9.17, 15) is 0 Å².